The third-order valence-corrected chi connectivity index (χ3v) is 4.53. The number of hydrogen-bond acceptors (Lipinski definition) is 4. The molecule has 1 aliphatic rings. The molecule has 112 valence electrons. The Morgan fingerprint density at radius 3 is 2.50 bits per heavy atom. The number of hydrogen-bond donors (Lipinski definition) is 1. The van der Waals surface area contributed by atoms with Crippen molar-refractivity contribution >= 4 is 46.2 Å². The number of carboxylic acid groups (broad SMARTS) is 1. The van der Waals surface area contributed by atoms with E-state index >= 15 is 0 Å². The normalized spacial score (nSPS) is 14.9. The number of aromatic carboxylic acids is 1. The maximum atomic E-state index is 12.1. The molecule has 1 aromatic carbocycles. The maximum Gasteiger partial charge on any atom is 0.335 e. The van der Waals surface area contributed by atoms with Gasteiger partial charge in [-0.15, -0.1) is 11.3 Å². The highest BCUT2D eigenvalue weighted by atomic mass is 35.5. The number of thiophene rings is 1. The summed E-state index contributed by atoms with van der Waals surface area (Å²) in [6, 6.07) is 9.75. The monoisotopic (exact) mass is 334 g/mol. The smallest absolute Gasteiger partial charge is 0.335 e. The van der Waals surface area contributed by atoms with Gasteiger partial charge in [-0.25, -0.2) is 9.80 Å². The highest BCUT2D eigenvalue weighted by Crippen LogP contribution is 2.27. The summed E-state index contributed by atoms with van der Waals surface area (Å²) in [7, 11) is 0. The molecule has 1 N–H and O–H groups in total. The molecule has 0 spiro atoms. The van der Waals surface area contributed by atoms with Crippen LogP contribution < -0.4 is 5.01 Å². The van der Waals surface area contributed by atoms with Gasteiger partial charge in [0.25, 0.3) is 0 Å². The fraction of sp³-hybridized carbons (Fsp3) is 0.133. The molecule has 1 aliphatic heterocycles. The SMILES string of the molecule is O=C(O)c1ccc(N2N=C(c3ccc(Cl)s3)CCC2=O)cc1. The van der Waals surface area contributed by atoms with Crippen molar-refractivity contribution in [1.29, 1.82) is 0 Å². The van der Waals surface area contributed by atoms with Gasteiger partial charge in [0.2, 0.25) is 5.91 Å². The molecule has 1 amide bonds. The molecule has 22 heavy (non-hydrogen) atoms. The fourth-order valence-corrected chi connectivity index (χ4v) is 3.20. The average Bonchev–Trinajstić information content (AvgIpc) is 2.94. The summed E-state index contributed by atoms with van der Waals surface area (Å²) in [5, 5.41) is 14.6. The zero-order valence-corrected chi connectivity index (χ0v) is 12.9. The minimum absolute atomic E-state index is 0.116. The third-order valence-electron chi connectivity index (χ3n) is 3.25. The molecule has 0 saturated carbocycles. The highest BCUT2D eigenvalue weighted by molar-refractivity contribution is 7.18. The molecule has 3 rings (SSSR count). The minimum Gasteiger partial charge on any atom is -0.478 e. The van der Waals surface area contributed by atoms with E-state index in [-0.39, 0.29) is 11.5 Å². The first-order valence-corrected chi connectivity index (χ1v) is 7.73. The van der Waals surface area contributed by atoms with Crippen LogP contribution in [0, 0.1) is 0 Å². The van der Waals surface area contributed by atoms with E-state index < -0.39 is 5.97 Å². The lowest BCUT2D eigenvalue weighted by molar-refractivity contribution is -0.118. The van der Waals surface area contributed by atoms with Crippen LogP contribution in [-0.2, 0) is 4.79 Å². The summed E-state index contributed by atoms with van der Waals surface area (Å²) in [5.74, 6) is -1.12. The average molecular weight is 335 g/mol. The van der Waals surface area contributed by atoms with E-state index in [9.17, 15) is 9.59 Å². The number of hydrazone groups is 1. The van der Waals surface area contributed by atoms with Gasteiger partial charge in [0, 0.05) is 12.8 Å². The van der Waals surface area contributed by atoms with Crippen LogP contribution in [0.2, 0.25) is 4.34 Å². The van der Waals surface area contributed by atoms with Crippen LogP contribution in [0.5, 0.6) is 0 Å². The van der Waals surface area contributed by atoms with Crippen LogP contribution in [-0.4, -0.2) is 22.7 Å². The molecule has 0 saturated heterocycles. The summed E-state index contributed by atoms with van der Waals surface area (Å²) in [6.45, 7) is 0. The van der Waals surface area contributed by atoms with Gasteiger partial charge in [0.05, 0.1) is 26.2 Å². The number of benzene rings is 1. The second-order valence-corrected chi connectivity index (χ2v) is 6.42. The molecule has 0 fully saturated rings. The van der Waals surface area contributed by atoms with Gasteiger partial charge in [-0.1, -0.05) is 11.6 Å². The Bertz CT molecular complexity index is 767. The van der Waals surface area contributed by atoms with Gasteiger partial charge in [0.15, 0.2) is 0 Å². The maximum absolute atomic E-state index is 12.1. The minimum atomic E-state index is -1.01. The van der Waals surface area contributed by atoms with E-state index in [0.29, 0.717) is 22.9 Å². The summed E-state index contributed by atoms with van der Waals surface area (Å²) < 4.78 is 0.673. The number of nitrogens with zero attached hydrogens (tertiary/aromatic N) is 2. The second kappa shape index (κ2) is 5.90. The van der Waals surface area contributed by atoms with Crippen molar-refractivity contribution in [2.45, 2.75) is 12.8 Å². The molecule has 0 unspecified atom stereocenters. The van der Waals surface area contributed by atoms with Crippen LogP contribution in [0.4, 0.5) is 5.69 Å². The van der Waals surface area contributed by atoms with E-state index in [1.54, 1.807) is 18.2 Å². The number of halogens is 1. The van der Waals surface area contributed by atoms with Gasteiger partial charge < -0.3 is 5.11 Å². The Morgan fingerprint density at radius 2 is 1.91 bits per heavy atom. The lowest BCUT2D eigenvalue weighted by Crippen LogP contribution is -2.31. The van der Waals surface area contributed by atoms with Gasteiger partial charge in [-0.2, -0.15) is 5.10 Å². The van der Waals surface area contributed by atoms with Crippen molar-refractivity contribution in [2.75, 3.05) is 5.01 Å². The number of carbonyl (C=O) groups is 2. The Morgan fingerprint density at radius 1 is 1.18 bits per heavy atom. The molecule has 2 aromatic rings. The number of carboxylic acids is 1. The quantitative estimate of drug-likeness (QED) is 0.931. The second-order valence-electron chi connectivity index (χ2n) is 4.71. The molecule has 0 bridgehead atoms. The summed E-state index contributed by atoms with van der Waals surface area (Å²) in [4.78, 5) is 23.9. The van der Waals surface area contributed by atoms with Gasteiger partial charge in [-0.3, -0.25) is 4.79 Å². The van der Waals surface area contributed by atoms with E-state index in [4.69, 9.17) is 16.7 Å². The van der Waals surface area contributed by atoms with Crippen LogP contribution in [0.1, 0.15) is 28.1 Å². The first kappa shape index (κ1) is 14.7. The van der Waals surface area contributed by atoms with Crippen LogP contribution in [0.3, 0.4) is 0 Å². The Labute approximate surface area is 135 Å². The van der Waals surface area contributed by atoms with E-state index in [1.807, 2.05) is 6.07 Å². The van der Waals surface area contributed by atoms with Crippen molar-refractivity contribution in [2.24, 2.45) is 5.10 Å². The van der Waals surface area contributed by atoms with Crippen LogP contribution in [0.15, 0.2) is 41.5 Å². The van der Waals surface area contributed by atoms with Gasteiger partial charge in [-0.05, 0) is 36.4 Å². The molecular weight excluding hydrogens is 324 g/mol. The lowest BCUT2D eigenvalue weighted by atomic mass is 10.1. The zero-order valence-electron chi connectivity index (χ0n) is 11.3. The third kappa shape index (κ3) is 2.88. The Kier molecular flexibility index (Phi) is 3.96. The molecule has 1 aromatic heterocycles. The largest absolute Gasteiger partial charge is 0.478 e. The van der Waals surface area contributed by atoms with Crippen molar-refractivity contribution in [3.8, 4) is 0 Å². The van der Waals surface area contributed by atoms with Crippen molar-refractivity contribution in [3.63, 3.8) is 0 Å². The van der Waals surface area contributed by atoms with Crippen LogP contribution in [0.25, 0.3) is 0 Å². The Balaban J connectivity index is 1.93. The standard InChI is InChI=1S/C15H11ClN2O3S/c16-13-7-6-12(22-13)11-5-8-14(19)18(17-11)10-3-1-9(2-4-10)15(20)21/h1-4,6-7H,5,8H2,(H,20,21). The first-order valence-electron chi connectivity index (χ1n) is 6.54. The molecule has 0 atom stereocenters. The zero-order chi connectivity index (χ0) is 15.7. The lowest BCUT2D eigenvalue weighted by Gasteiger charge is -2.23. The highest BCUT2D eigenvalue weighted by Gasteiger charge is 2.23. The van der Waals surface area contributed by atoms with Gasteiger partial charge >= 0.3 is 5.97 Å². The molecule has 5 nitrogen and oxygen atoms in total. The number of rotatable bonds is 3. The van der Waals surface area contributed by atoms with E-state index in [0.717, 1.165) is 10.6 Å². The van der Waals surface area contributed by atoms with E-state index in [1.165, 1.54) is 28.5 Å². The summed E-state index contributed by atoms with van der Waals surface area (Å²) >= 11 is 7.35. The topological polar surface area (TPSA) is 70.0 Å². The number of carbonyl (C=O) groups excluding carboxylic acids is 1. The first-order chi connectivity index (χ1) is 10.5. The summed E-state index contributed by atoms with van der Waals surface area (Å²) in [6.07, 6.45) is 0.925. The van der Waals surface area contributed by atoms with E-state index in [2.05, 4.69) is 5.10 Å². The van der Waals surface area contributed by atoms with Gasteiger partial charge in [0.1, 0.15) is 0 Å². The predicted octanol–water partition coefficient (Wildman–Crippen LogP) is 3.63. The molecule has 7 heteroatoms. The molecule has 0 radical (unpaired) electrons. The van der Waals surface area contributed by atoms with Crippen molar-refractivity contribution in [3.05, 3.63) is 51.2 Å². The van der Waals surface area contributed by atoms with Crippen molar-refractivity contribution in [1.82, 2.24) is 0 Å². The van der Waals surface area contributed by atoms with Crippen LogP contribution >= 0.6 is 22.9 Å². The summed E-state index contributed by atoms with van der Waals surface area (Å²) in [5.41, 5.74) is 1.52. The number of amides is 1. The predicted molar refractivity (Wildman–Crippen MR) is 86.0 cm³/mol. The number of anilines is 1. The molecular formula is C15H11ClN2O3S. The fourth-order valence-electron chi connectivity index (χ4n) is 2.15. The van der Waals surface area contributed by atoms with Crippen molar-refractivity contribution < 1.29 is 14.7 Å². The molecule has 0 aliphatic carbocycles. The Hall–Kier alpha value is -2.18. The molecule has 2 heterocycles.